The molecule has 1 aliphatic heterocycles. The van der Waals surface area contributed by atoms with E-state index in [0.717, 1.165) is 27.8 Å². The molecule has 2 heterocycles. The smallest absolute Gasteiger partial charge is 0.240 e. The summed E-state index contributed by atoms with van der Waals surface area (Å²) < 4.78 is 0. The predicted molar refractivity (Wildman–Crippen MR) is 110 cm³/mol. The summed E-state index contributed by atoms with van der Waals surface area (Å²) in [5.74, 6) is -0.0886. The normalized spacial score (nSPS) is 14.0. The number of benzene rings is 2. The molecule has 0 spiro atoms. The van der Waals surface area contributed by atoms with E-state index in [1.54, 1.807) is 29.4 Å². The van der Waals surface area contributed by atoms with Crippen molar-refractivity contribution in [3.8, 4) is 11.1 Å². The number of hydrogen-bond acceptors (Lipinski definition) is 4. The van der Waals surface area contributed by atoms with Crippen molar-refractivity contribution in [1.82, 2.24) is 15.1 Å². The van der Waals surface area contributed by atoms with Crippen molar-refractivity contribution in [1.29, 1.82) is 0 Å². The molecule has 0 unspecified atom stereocenters. The first-order valence-corrected chi connectivity index (χ1v) is 9.64. The second-order valence-electron chi connectivity index (χ2n) is 6.86. The molecule has 0 saturated carbocycles. The highest BCUT2D eigenvalue weighted by atomic mass is 35.5. The first kappa shape index (κ1) is 18.9. The SMILES string of the molecule is N[C@H](Cc1ccc(Cl)cc1Cl)C(=O)N1Cc2ccc(-c3ccnnc3)cc2C1. The van der Waals surface area contributed by atoms with Gasteiger partial charge in [0.25, 0.3) is 0 Å². The minimum Gasteiger partial charge on any atom is -0.333 e. The number of nitrogens with zero attached hydrogens (tertiary/aromatic N) is 3. The van der Waals surface area contributed by atoms with Crippen LogP contribution in [0, 0.1) is 0 Å². The van der Waals surface area contributed by atoms with Gasteiger partial charge in [-0.3, -0.25) is 4.79 Å². The molecule has 1 aliphatic rings. The molecule has 142 valence electrons. The van der Waals surface area contributed by atoms with Crippen LogP contribution in [0.25, 0.3) is 11.1 Å². The summed E-state index contributed by atoms with van der Waals surface area (Å²) in [7, 11) is 0. The van der Waals surface area contributed by atoms with Crippen molar-refractivity contribution >= 4 is 29.1 Å². The Kier molecular flexibility index (Phi) is 5.31. The first-order valence-electron chi connectivity index (χ1n) is 8.88. The van der Waals surface area contributed by atoms with Gasteiger partial charge in [0.2, 0.25) is 5.91 Å². The molecule has 4 rings (SSSR count). The van der Waals surface area contributed by atoms with Crippen molar-refractivity contribution in [2.24, 2.45) is 5.73 Å². The van der Waals surface area contributed by atoms with Crippen molar-refractivity contribution in [3.63, 3.8) is 0 Å². The van der Waals surface area contributed by atoms with E-state index >= 15 is 0 Å². The van der Waals surface area contributed by atoms with Gasteiger partial charge in [-0.25, -0.2) is 0 Å². The highest BCUT2D eigenvalue weighted by Gasteiger charge is 2.28. The van der Waals surface area contributed by atoms with Crippen LogP contribution in [0.2, 0.25) is 10.0 Å². The fourth-order valence-electron chi connectivity index (χ4n) is 3.44. The van der Waals surface area contributed by atoms with E-state index in [-0.39, 0.29) is 5.91 Å². The van der Waals surface area contributed by atoms with Gasteiger partial charge in [-0.2, -0.15) is 10.2 Å². The summed E-state index contributed by atoms with van der Waals surface area (Å²) in [4.78, 5) is 14.7. The minimum absolute atomic E-state index is 0.0886. The quantitative estimate of drug-likeness (QED) is 0.705. The summed E-state index contributed by atoms with van der Waals surface area (Å²) in [6.45, 7) is 1.10. The Bertz CT molecular complexity index is 1030. The Balaban J connectivity index is 1.47. The maximum absolute atomic E-state index is 12.9. The summed E-state index contributed by atoms with van der Waals surface area (Å²) in [5, 5.41) is 8.82. The molecule has 0 saturated heterocycles. The van der Waals surface area contributed by atoms with E-state index in [1.165, 1.54) is 0 Å². The third kappa shape index (κ3) is 3.87. The average molecular weight is 413 g/mol. The minimum atomic E-state index is -0.656. The molecular formula is C21H18Cl2N4O. The Morgan fingerprint density at radius 3 is 2.61 bits per heavy atom. The zero-order valence-electron chi connectivity index (χ0n) is 15.0. The van der Waals surface area contributed by atoms with Gasteiger partial charge in [-0.1, -0.05) is 41.4 Å². The molecule has 1 atom stereocenters. The first-order chi connectivity index (χ1) is 13.5. The standard InChI is InChI=1S/C21H18Cl2N4O/c22-18-4-3-14(19(23)9-18)8-20(24)21(28)27-11-16-2-1-13(7-17(16)12-27)15-5-6-25-26-10-15/h1-7,9-10,20H,8,11-12,24H2/t20-/m1/s1. The number of carbonyl (C=O) groups excluding carboxylic acids is 1. The molecule has 1 aromatic heterocycles. The fraction of sp³-hybridized carbons (Fsp3) is 0.190. The van der Waals surface area contributed by atoms with Gasteiger partial charge >= 0.3 is 0 Å². The highest BCUT2D eigenvalue weighted by molar-refractivity contribution is 6.35. The molecule has 0 bridgehead atoms. The van der Waals surface area contributed by atoms with Gasteiger partial charge in [0.15, 0.2) is 0 Å². The molecule has 2 N–H and O–H groups in total. The Morgan fingerprint density at radius 2 is 1.86 bits per heavy atom. The van der Waals surface area contributed by atoms with Gasteiger partial charge in [0.05, 0.1) is 18.4 Å². The van der Waals surface area contributed by atoms with Crippen molar-refractivity contribution in [3.05, 3.63) is 81.6 Å². The summed E-state index contributed by atoms with van der Waals surface area (Å²) in [6.07, 6.45) is 3.76. The van der Waals surface area contributed by atoms with Crippen LogP contribution in [0.5, 0.6) is 0 Å². The number of halogens is 2. The monoisotopic (exact) mass is 412 g/mol. The lowest BCUT2D eigenvalue weighted by Crippen LogP contribution is -2.42. The van der Waals surface area contributed by atoms with Crippen LogP contribution in [0.1, 0.15) is 16.7 Å². The van der Waals surface area contributed by atoms with Gasteiger partial charge in [0.1, 0.15) is 0 Å². The number of rotatable bonds is 4. The van der Waals surface area contributed by atoms with Gasteiger partial charge in [0, 0.05) is 28.7 Å². The highest BCUT2D eigenvalue weighted by Crippen LogP contribution is 2.29. The number of aromatic nitrogens is 2. The molecule has 28 heavy (non-hydrogen) atoms. The number of amides is 1. The number of fused-ring (bicyclic) bond motifs is 1. The predicted octanol–water partition coefficient (Wildman–Crippen LogP) is 3.86. The molecular weight excluding hydrogens is 395 g/mol. The third-order valence-corrected chi connectivity index (χ3v) is 5.52. The van der Waals surface area contributed by atoms with Crippen LogP contribution in [0.3, 0.4) is 0 Å². The molecule has 1 amide bonds. The largest absolute Gasteiger partial charge is 0.333 e. The van der Waals surface area contributed by atoms with E-state index in [0.29, 0.717) is 29.6 Å². The maximum Gasteiger partial charge on any atom is 0.240 e. The lowest BCUT2D eigenvalue weighted by atomic mass is 10.0. The molecule has 7 heteroatoms. The number of hydrogen-bond donors (Lipinski definition) is 1. The van der Waals surface area contributed by atoms with Crippen LogP contribution in [0.4, 0.5) is 0 Å². The average Bonchev–Trinajstić information content (AvgIpc) is 3.13. The second-order valence-corrected chi connectivity index (χ2v) is 7.70. The van der Waals surface area contributed by atoms with Crippen LogP contribution < -0.4 is 5.73 Å². The lowest BCUT2D eigenvalue weighted by molar-refractivity contribution is -0.133. The van der Waals surface area contributed by atoms with E-state index in [1.807, 2.05) is 18.2 Å². The zero-order valence-corrected chi connectivity index (χ0v) is 16.5. The van der Waals surface area contributed by atoms with E-state index in [2.05, 4.69) is 22.3 Å². The van der Waals surface area contributed by atoms with Crippen LogP contribution in [0.15, 0.2) is 54.9 Å². The van der Waals surface area contributed by atoms with Crippen molar-refractivity contribution in [2.45, 2.75) is 25.6 Å². The molecule has 0 radical (unpaired) electrons. The molecule has 0 aliphatic carbocycles. The van der Waals surface area contributed by atoms with E-state index < -0.39 is 6.04 Å². The Morgan fingerprint density at radius 1 is 1.04 bits per heavy atom. The van der Waals surface area contributed by atoms with E-state index in [9.17, 15) is 4.79 Å². The lowest BCUT2D eigenvalue weighted by Gasteiger charge is -2.20. The summed E-state index contributed by atoms with van der Waals surface area (Å²) in [6, 6.07) is 12.7. The molecule has 2 aromatic carbocycles. The second kappa shape index (κ2) is 7.87. The summed E-state index contributed by atoms with van der Waals surface area (Å²) in [5.41, 5.74) is 11.3. The number of nitrogens with two attached hydrogens (primary N) is 1. The molecule has 5 nitrogen and oxygen atoms in total. The summed E-state index contributed by atoms with van der Waals surface area (Å²) >= 11 is 12.1. The Hall–Kier alpha value is -2.47. The molecule has 0 fully saturated rings. The van der Waals surface area contributed by atoms with Crippen molar-refractivity contribution in [2.75, 3.05) is 0 Å². The third-order valence-electron chi connectivity index (χ3n) is 4.93. The van der Waals surface area contributed by atoms with Gasteiger partial charge in [-0.15, -0.1) is 0 Å². The van der Waals surface area contributed by atoms with Crippen molar-refractivity contribution < 1.29 is 4.79 Å². The fourth-order valence-corrected chi connectivity index (χ4v) is 3.92. The maximum atomic E-state index is 12.9. The van der Waals surface area contributed by atoms with Gasteiger partial charge in [-0.05, 0) is 52.9 Å². The van der Waals surface area contributed by atoms with Crippen LogP contribution in [-0.2, 0) is 24.3 Å². The van der Waals surface area contributed by atoms with Gasteiger partial charge < -0.3 is 10.6 Å². The van der Waals surface area contributed by atoms with Crippen LogP contribution >= 0.6 is 23.2 Å². The van der Waals surface area contributed by atoms with Crippen LogP contribution in [-0.4, -0.2) is 27.0 Å². The zero-order chi connectivity index (χ0) is 19.7. The Labute approximate surface area is 173 Å². The van der Waals surface area contributed by atoms with E-state index in [4.69, 9.17) is 28.9 Å². The number of carbonyl (C=O) groups is 1. The molecule has 3 aromatic rings. The topological polar surface area (TPSA) is 72.1 Å².